The van der Waals surface area contributed by atoms with E-state index >= 15 is 0 Å². The average Bonchev–Trinajstić information content (AvgIpc) is 2.61. The van der Waals surface area contributed by atoms with Gasteiger partial charge in [-0.1, -0.05) is 0 Å². The summed E-state index contributed by atoms with van der Waals surface area (Å²) in [5, 5.41) is 9.34. The van der Waals surface area contributed by atoms with Gasteiger partial charge < -0.3 is 4.90 Å². The highest BCUT2D eigenvalue weighted by Gasteiger charge is 2.31. The Morgan fingerprint density at radius 2 is 2.40 bits per heavy atom. The number of hydrogen-bond acceptors (Lipinski definition) is 4. The molecule has 0 N–H and O–H groups in total. The van der Waals surface area contributed by atoms with Crippen LogP contribution in [0.1, 0.15) is 6.42 Å². The number of likely N-dealkylation sites (tertiary alicyclic amines) is 1. The molecule has 0 aliphatic carbocycles. The smallest absolute Gasteiger partial charge is 0.224 e. The van der Waals surface area contributed by atoms with Crippen LogP contribution in [0.25, 0.3) is 0 Å². The Kier molecular flexibility index (Phi) is 3.81. The number of nitrogens with zero attached hydrogens (tertiary/aromatic N) is 2. The van der Waals surface area contributed by atoms with Crippen LogP contribution in [0, 0.1) is 17.2 Å². The summed E-state index contributed by atoms with van der Waals surface area (Å²) in [5.41, 5.74) is 0. The normalized spacial score (nSPS) is 31.7. The highest BCUT2D eigenvalue weighted by Crippen LogP contribution is 2.26. The molecule has 0 aromatic rings. The van der Waals surface area contributed by atoms with Crippen molar-refractivity contribution in [2.24, 2.45) is 5.92 Å². The standard InChI is InChI=1S/C10H14N2OS2/c11-4-8-3-10(13)12(5-8)6-9-7-14-1-2-15-9/h8-9H,1-3,5-7H2. The maximum Gasteiger partial charge on any atom is 0.224 e. The molecule has 0 spiro atoms. The molecule has 2 saturated heterocycles. The van der Waals surface area contributed by atoms with E-state index in [-0.39, 0.29) is 11.8 Å². The predicted octanol–water partition coefficient (Wildman–Crippen LogP) is 1.21. The second kappa shape index (κ2) is 5.13. The second-order valence-electron chi connectivity index (χ2n) is 3.90. The minimum atomic E-state index is -0.0706. The third-order valence-corrected chi connectivity index (χ3v) is 5.53. The van der Waals surface area contributed by atoms with Gasteiger partial charge in [0, 0.05) is 42.0 Å². The van der Waals surface area contributed by atoms with Crippen LogP contribution in [0.15, 0.2) is 0 Å². The van der Waals surface area contributed by atoms with Gasteiger partial charge in [-0.15, -0.1) is 0 Å². The van der Waals surface area contributed by atoms with Crippen LogP contribution >= 0.6 is 23.5 Å². The van der Waals surface area contributed by atoms with Crippen LogP contribution < -0.4 is 0 Å². The first-order chi connectivity index (χ1) is 7.29. The molecular weight excluding hydrogens is 228 g/mol. The van der Waals surface area contributed by atoms with Crippen molar-refractivity contribution in [1.29, 1.82) is 5.26 Å². The summed E-state index contributed by atoms with van der Waals surface area (Å²) in [4.78, 5) is 13.4. The molecular formula is C10H14N2OS2. The lowest BCUT2D eigenvalue weighted by Crippen LogP contribution is -2.34. The van der Waals surface area contributed by atoms with E-state index in [4.69, 9.17) is 5.26 Å². The largest absolute Gasteiger partial charge is 0.340 e. The summed E-state index contributed by atoms with van der Waals surface area (Å²) in [6.07, 6.45) is 0.432. The van der Waals surface area contributed by atoms with Crippen molar-refractivity contribution in [2.75, 3.05) is 30.3 Å². The van der Waals surface area contributed by atoms with E-state index in [9.17, 15) is 4.79 Å². The summed E-state index contributed by atoms with van der Waals surface area (Å²) in [6, 6.07) is 2.19. The van der Waals surface area contributed by atoms with Gasteiger partial charge in [-0.2, -0.15) is 28.8 Å². The maximum absolute atomic E-state index is 11.6. The fourth-order valence-corrected chi connectivity index (χ4v) is 4.61. The van der Waals surface area contributed by atoms with Gasteiger partial charge in [-0.05, 0) is 0 Å². The molecule has 2 rings (SSSR count). The van der Waals surface area contributed by atoms with Crippen LogP contribution in [0.5, 0.6) is 0 Å². The zero-order chi connectivity index (χ0) is 10.7. The lowest BCUT2D eigenvalue weighted by atomic mass is 10.1. The van der Waals surface area contributed by atoms with Gasteiger partial charge in [0.15, 0.2) is 0 Å². The molecule has 82 valence electrons. The molecule has 5 heteroatoms. The summed E-state index contributed by atoms with van der Waals surface area (Å²) in [7, 11) is 0. The topological polar surface area (TPSA) is 44.1 Å². The Morgan fingerprint density at radius 1 is 1.53 bits per heavy atom. The van der Waals surface area contributed by atoms with Crippen LogP contribution in [0.4, 0.5) is 0 Å². The van der Waals surface area contributed by atoms with Crippen molar-refractivity contribution in [3.05, 3.63) is 0 Å². The minimum absolute atomic E-state index is 0.0706. The van der Waals surface area contributed by atoms with Crippen LogP contribution in [-0.4, -0.2) is 46.4 Å². The van der Waals surface area contributed by atoms with Crippen LogP contribution in [0.3, 0.4) is 0 Å². The average molecular weight is 242 g/mol. The van der Waals surface area contributed by atoms with Gasteiger partial charge in [0.1, 0.15) is 0 Å². The van der Waals surface area contributed by atoms with Crippen molar-refractivity contribution in [2.45, 2.75) is 11.7 Å². The number of rotatable bonds is 2. The minimum Gasteiger partial charge on any atom is -0.340 e. The first-order valence-corrected chi connectivity index (χ1v) is 7.36. The first kappa shape index (κ1) is 11.2. The lowest BCUT2D eigenvalue weighted by molar-refractivity contribution is -0.127. The van der Waals surface area contributed by atoms with E-state index in [0.29, 0.717) is 18.2 Å². The lowest BCUT2D eigenvalue weighted by Gasteiger charge is -2.26. The molecule has 2 atom stereocenters. The van der Waals surface area contributed by atoms with Crippen LogP contribution in [0.2, 0.25) is 0 Å². The Hall–Kier alpha value is -0.340. The third-order valence-electron chi connectivity index (χ3n) is 2.71. The number of carbonyl (C=O) groups is 1. The number of amides is 1. The van der Waals surface area contributed by atoms with Gasteiger partial charge in [0.25, 0.3) is 0 Å². The van der Waals surface area contributed by atoms with Crippen molar-refractivity contribution in [1.82, 2.24) is 4.90 Å². The molecule has 2 fully saturated rings. The highest BCUT2D eigenvalue weighted by atomic mass is 32.2. The fourth-order valence-electron chi connectivity index (χ4n) is 1.92. The molecule has 0 aromatic heterocycles. The van der Waals surface area contributed by atoms with Gasteiger partial charge in [-0.3, -0.25) is 4.79 Å². The van der Waals surface area contributed by atoms with E-state index in [1.807, 2.05) is 28.4 Å². The van der Waals surface area contributed by atoms with Gasteiger partial charge in [-0.25, -0.2) is 0 Å². The molecule has 0 aromatic carbocycles. The molecule has 0 bridgehead atoms. The van der Waals surface area contributed by atoms with E-state index < -0.39 is 0 Å². The molecule has 2 aliphatic heterocycles. The molecule has 15 heavy (non-hydrogen) atoms. The number of hydrogen-bond donors (Lipinski definition) is 0. The maximum atomic E-state index is 11.6. The van der Waals surface area contributed by atoms with Gasteiger partial charge >= 0.3 is 0 Å². The Morgan fingerprint density at radius 3 is 3.00 bits per heavy atom. The quantitative estimate of drug-likeness (QED) is 0.730. The van der Waals surface area contributed by atoms with E-state index in [1.165, 1.54) is 11.5 Å². The van der Waals surface area contributed by atoms with Crippen LogP contribution in [-0.2, 0) is 4.79 Å². The summed E-state index contributed by atoms with van der Waals surface area (Å²) in [5.74, 6) is 3.66. The number of thioether (sulfide) groups is 2. The monoisotopic (exact) mass is 242 g/mol. The molecule has 2 aliphatic rings. The molecule has 1 amide bonds. The van der Waals surface area contributed by atoms with Crippen molar-refractivity contribution in [3.8, 4) is 6.07 Å². The molecule has 0 radical (unpaired) electrons. The number of nitriles is 1. The molecule has 2 heterocycles. The number of carbonyl (C=O) groups excluding carboxylic acids is 1. The predicted molar refractivity (Wildman–Crippen MR) is 63.9 cm³/mol. The van der Waals surface area contributed by atoms with Gasteiger partial charge in [0.2, 0.25) is 5.91 Å². The summed E-state index contributed by atoms with van der Waals surface area (Å²) in [6.45, 7) is 1.49. The van der Waals surface area contributed by atoms with E-state index in [1.54, 1.807) is 0 Å². The Labute approximate surface area is 98.6 Å². The van der Waals surface area contributed by atoms with Crippen molar-refractivity contribution in [3.63, 3.8) is 0 Å². The fraction of sp³-hybridized carbons (Fsp3) is 0.800. The highest BCUT2D eigenvalue weighted by molar-refractivity contribution is 8.06. The summed E-state index contributed by atoms with van der Waals surface area (Å²) < 4.78 is 0. The zero-order valence-corrected chi connectivity index (χ0v) is 10.1. The van der Waals surface area contributed by atoms with E-state index in [0.717, 1.165) is 12.3 Å². The van der Waals surface area contributed by atoms with Gasteiger partial charge in [0.05, 0.1) is 12.0 Å². The summed E-state index contributed by atoms with van der Waals surface area (Å²) >= 11 is 3.93. The third kappa shape index (κ3) is 2.82. The molecule has 3 nitrogen and oxygen atoms in total. The van der Waals surface area contributed by atoms with Crippen molar-refractivity contribution < 1.29 is 4.79 Å². The first-order valence-electron chi connectivity index (χ1n) is 5.16. The van der Waals surface area contributed by atoms with E-state index in [2.05, 4.69) is 6.07 Å². The Bertz CT molecular complexity index is 284. The SMILES string of the molecule is N#CC1CC(=O)N(CC2CSCCS2)C1. The Balaban J connectivity index is 1.84. The molecule has 2 unspecified atom stereocenters. The molecule has 0 saturated carbocycles. The van der Waals surface area contributed by atoms with Crippen molar-refractivity contribution >= 4 is 29.4 Å². The zero-order valence-electron chi connectivity index (χ0n) is 8.52. The second-order valence-corrected chi connectivity index (χ2v) is 6.45.